The monoisotopic (exact) mass is 466 g/mol. The van der Waals surface area contributed by atoms with Crippen LogP contribution in [0.2, 0.25) is 10.0 Å². The predicted octanol–water partition coefficient (Wildman–Crippen LogP) is 5.24. The van der Waals surface area contributed by atoms with Crippen molar-refractivity contribution in [3.05, 3.63) is 105 Å². The van der Waals surface area contributed by atoms with E-state index >= 15 is 0 Å². The molecule has 0 saturated carbocycles. The van der Waals surface area contributed by atoms with Gasteiger partial charge in [0.1, 0.15) is 0 Å². The van der Waals surface area contributed by atoms with Gasteiger partial charge in [0.25, 0.3) is 11.8 Å². The van der Waals surface area contributed by atoms with Gasteiger partial charge in [0.05, 0.1) is 0 Å². The SMILES string of the molecule is O=C(NO)c1ccc2c(c1)CN(C(=O)/C(=C/c1ccc(Cl)cc1)c1ccccc1Cl)CC2. The average molecular weight is 467 g/mol. The molecule has 1 heterocycles. The smallest absolute Gasteiger partial charge is 0.274 e. The fraction of sp³-hybridized carbons (Fsp3) is 0.120. The summed E-state index contributed by atoms with van der Waals surface area (Å²) in [6.07, 6.45) is 2.48. The Kier molecular flexibility index (Phi) is 6.61. The van der Waals surface area contributed by atoms with Crippen LogP contribution in [0.3, 0.4) is 0 Å². The Balaban J connectivity index is 1.70. The van der Waals surface area contributed by atoms with Gasteiger partial charge in [-0.3, -0.25) is 14.8 Å². The summed E-state index contributed by atoms with van der Waals surface area (Å²) in [7, 11) is 0. The molecule has 32 heavy (non-hydrogen) atoms. The third-order valence-electron chi connectivity index (χ3n) is 5.44. The molecule has 7 heteroatoms. The van der Waals surface area contributed by atoms with Crippen molar-refractivity contribution in [1.82, 2.24) is 10.4 Å². The van der Waals surface area contributed by atoms with Crippen molar-refractivity contribution in [2.45, 2.75) is 13.0 Å². The lowest BCUT2D eigenvalue weighted by atomic mass is 9.95. The molecule has 2 N–H and O–H groups in total. The first-order valence-corrected chi connectivity index (χ1v) is 10.8. The predicted molar refractivity (Wildman–Crippen MR) is 126 cm³/mol. The van der Waals surface area contributed by atoms with Crippen molar-refractivity contribution in [2.24, 2.45) is 0 Å². The van der Waals surface area contributed by atoms with E-state index in [-0.39, 0.29) is 5.91 Å². The summed E-state index contributed by atoms with van der Waals surface area (Å²) in [5.41, 5.74) is 5.88. The van der Waals surface area contributed by atoms with E-state index in [2.05, 4.69) is 0 Å². The van der Waals surface area contributed by atoms with Crippen molar-refractivity contribution >= 4 is 46.7 Å². The van der Waals surface area contributed by atoms with Gasteiger partial charge in [0.2, 0.25) is 0 Å². The van der Waals surface area contributed by atoms with Crippen molar-refractivity contribution in [3.63, 3.8) is 0 Å². The molecule has 2 amide bonds. The van der Waals surface area contributed by atoms with Crippen LogP contribution in [0.15, 0.2) is 66.7 Å². The van der Waals surface area contributed by atoms with Crippen LogP contribution in [0.5, 0.6) is 0 Å². The highest BCUT2D eigenvalue weighted by Crippen LogP contribution is 2.30. The van der Waals surface area contributed by atoms with Crippen molar-refractivity contribution in [1.29, 1.82) is 0 Å². The number of carbonyl (C=O) groups excluding carboxylic acids is 2. The topological polar surface area (TPSA) is 69.6 Å². The number of carbonyl (C=O) groups is 2. The van der Waals surface area contributed by atoms with Crippen LogP contribution in [0.1, 0.15) is 32.6 Å². The summed E-state index contributed by atoms with van der Waals surface area (Å²) < 4.78 is 0. The summed E-state index contributed by atoms with van der Waals surface area (Å²) in [5.74, 6) is -0.744. The highest BCUT2D eigenvalue weighted by atomic mass is 35.5. The maximum absolute atomic E-state index is 13.7. The molecule has 0 unspecified atom stereocenters. The molecule has 1 aliphatic rings. The van der Waals surface area contributed by atoms with Crippen LogP contribution in [0, 0.1) is 0 Å². The first kappa shape index (κ1) is 22.1. The number of benzene rings is 3. The number of amides is 2. The standard InChI is InChI=1S/C25H20Cl2N2O3/c26-20-9-5-16(6-10-20)13-22(21-3-1-2-4-23(21)27)25(31)29-12-11-17-7-8-18(24(30)28-32)14-19(17)15-29/h1-10,13-14,32H,11-12,15H2,(H,28,30)/b22-13+. The first-order valence-electron chi connectivity index (χ1n) is 10.0. The molecular formula is C25H20Cl2N2O3. The highest BCUT2D eigenvalue weighted by molar-refractivity contribution is 6.36. The molecule has 3 aromatic rings. The summed E-state index contributed by atoms with van der Waals surface area (Å²) >= 11 is 12.5. The molecule has 0 aromatic heterocycles. The van der Waals surface area contributed by atoms with E-state index in [1.165, 1.54) is 0 Å². The molecule has 0 bridgehead atoms. The fourth-order valence-electron chi connectivity index (χ4n) is 3.77. The molecule has 3 aromatic carbocycles. The number of fused-ring (bicyclic) bond motifs is 1. The fourth-order valence-corrected chi connectivity index (χ4v) is 4.13. The minimum absolute atomic E-state index is 0.157. The quantitative estimate of drug-likeness (QED) is 0.239. The first-order chi connectivity index (χ1) is 15.5. The molecule has 0 fully saturated rings. The summed E-state index contributed by atoms with van der Waals surface area (Å²) in [4.78, 5) is 27.2. The zero-order chi connectivity index (χ0) is 22.7. The number of halogens is 2. The second kappa shape index (κ2) is 9.57. The van der Waals surface area contributed by atoms with Crippen molar-refractivity contribution < 1.29 is 14.8 Å². The molecule has 4 rings (SSSR count). The van der Waals surface area contributed by atoms with E-state index in [1.54, 1.807) is 40.7 Å². The highest BCUT2D eigenvalue weighted by Gasteiger charge is 2.26. The Bertz CT molecular complexity index is 1210. The van der Waals surface area contributed by atoms with Gasteiger partial charge in [-0.1, -0.05) is 59.6 Å². The molecule has 0 saturated heterocycles. The van der Waals surface area contributed by atoms with Gasteiger partial charge in [-0.2, -0.15) is 0 Å². The van der Waals surface area contributed by atoms with Gasteiger partial charge in [-0.05, 0) is 59.5 Å². The molecule has 1 aliphatic heterocycles. The number of rotatable bonds is 4. The number of hydroxylamine groups is 1. The van der Waals surface area contributed by atoms with Crippen LogP contribution in [-0.2, 0) is 17.8 Å². The summed E-state index contributed by atoms with van der Waals surface area (Å²) in [6.45, 7) is 0.892. The second-order valence-corrected chi connectivity index (χ2v) is 8.33. The van der Waals surface area contributed by atoms with E-state index in [4.69, 9.17) is 28.4 Å². The van der Waals surface area contributed by atoms with E-state index in [0.29, 0.717) is 46.3 Å². The van der Waals surface area contributed by atoms with E-state index in [9.17, 15) is 9.59 Å². The van der Waals surface area contributed by atoms with Crippen LogP contribution >= 0.6 is 23.2 Å². The molecule has 0 spiro atoms. The largest absolute Gasteiger partial charge is 0.334 e. The van der Waals surface area contributed by atoms with E-state index in [1.807, 2.05) is 42.5 Å². The van der Waals surface area contributed by atoms with Gasteiger partial charge in [-0.15, -0.1) is 0 Å². The third-order valence-corrected chi connectivity index (χ3v) is 6.03. The van der Waals surface area contributed by atoms with Crippen molar-refractivity contribution in [3.8, 4) is 0 Å². The van der Waals surface area contributed by atoms with Crippen LogP contribution < -0.4 is 5.48 Å². The molecule has 162 valence electrons. The number of nitrogens with one attached hydrogen (secondary N) is 1. The van der Waals surface area contributed by atoms with Gasteiger partial charge < -0.3 is 4.90 Å². The zero-order valence-electron chi connectivity index (χ0n) is 17.0. The molecule has 0 atom stereocenters. The Hall–Kier alpha value is -3.12. The van der Waals surface area contributed by atoms with Crippen LogP contribution in [0.4, 0.5) is 0 Å². The van der Waals surface area contributed by atoms with E-state index < -0.39 is 5.91 Å². The average Bonchev–Trinajstić information content (AvgIpc) is 2.82. The Labute approximate surface area is 195 Å². The number of hydrogen-bond acceptors (Lipinski definition) is 3. The van der Waals surface area contributed by atoms with Crippen molar-refractivity contribution in [2.75, 3.05) is 6.54 Å². The lowest BCUT2D eigenvalue weighted by Crippen LogP contribution is -2.36. The summed E-state index contributed by atoms with van der Waals surface area (Å²) in [6, 6.07) is 19.7. The maximum Gasteiger partial charge on any atom is 0.274 e. The number of nitrogens with zero attached hydrogens (tertiary/aromatic N) is 1. The normalized spacial score (nSPS) is 13.5. The maximum atomic E-state index is 13.7. The van der Waals surface area contributed by atoms with Gasteiger partial charge >= 0.3 is 0 Å². The summed E-state index contributed by atoms with van der Waals surface area (Å²) in [5, 5.41) is 10.0. The van der Waals surface area contributed by atoms with Gasteiger partial charge in [0.15, 0.2) is 0 Å². The zero-order valence-corrected chi connectivity index (χ0v) is 18.5. The third kappa shape index (κ3) is 4.70. The second-order valence-electron chi connectivity index (χ2n) is 7.49. The Morgan fingerprint density at radius 1 is 0.969 bits per heavy atom. The lowest BCUT2D eigenvalue weighted by Gasteiger charge is -2.30. The molecular weight excluding hydrogens is 447 g/mol. The minimum atomic E-state index is -0.587. The molecule has 0 radical (unpaired) electrons. The Morgan fingerprint density at radius 2 is 1.72 bits per heavy atom. The molecule has 5 nitrogen and oxygen atoms in total. The number of hydrogen-bond donors (Lipinski definition) is 2. The van der Waals surface area contributed by atoms with Crippen LogP contribution in [-0.4, -0.2) is 28.5 Å². The molecule has 0 aliphatic carbocycles. The Morgan fingerprint density at radius 3 is 2.44 bits per heavy atom. The van der Waals surface area contributed by atoms with E-state index in [0.717, 1.165) is 16.7 Å². The lowest BCUT2D eigenvalue weighted by molar-refractivity contribution is -0.125. The van der Waals surface area contributed by atoms with Gasteiger partial charge in [0, 0.05) is 39.8 Å². The minimum Gasteiger partial charge on any atom is -0.334 e. The van der Waals surface area contributed by atoms with Gasteiger partial charge in [-0.25, -0.2) is 5.48 Å². The van der Waals surface area contributed by atoms with Crippen LogP contribution in [0.25, 0.3) is 11.6 Å².